The highest BCUT2D eigenvalue weighted by Crippen LogP contribution is 2.36. The van der Waals surface area contributed by atoms with Gasteiger partial charge < -0.3 is 10.1 Å². The highest BCUT2D eigenvalue weighted by atomic mass is 79.9. The number of rotatable bonds is 5. The number of aromatic nitrogens is 2. The molecular weight excluding hydrogens is 342 g/mol. The van der Waals surface area contributed by atoms with Crippen LogP contribution in [0.1, 0.15) is 42.1 Å². The highest BCUT2D eigenvalue weighted by molar-refractivity contribution is 9.10. The molecule has 1 aromatic heterocycles. The van der Waals surface area contributed by atoms with Crippen LogP contribution >= 0.6 is 15.9 Å². The molecule has 2 heterocycles. The Hall–Kier alpha value is -1.33. The van der Waals surface area contributed by atoms with Gasteiger partial charge in [0.25, 0.3) is 0 Å². The zero-order valence-electron chi connectivity index (χ0n) is 12.9. The van der Waals surface area contributed by atoms with Gasteiger partial charge in [0, 0.05) is 17.3 Å². The number of aromatic amines is 1. The van der Waals surface area contributed by atoms with Crippen LogP contribution < -0.4 is 10.1 Å². The van der Waals surface area contributed by atoms with E-state index in [2.05, 4.69) is 50.5 Å². The van der Waals surface area contributed by atoms with Gasteiger partial charge in [-0.05, 0) is 66.7 Å². The lowest BCUT2D eigenvalue weighted by Crippen LogP contribution is -2.22. The van der Waals surface area contributed by atoms with Crippen molar-refractivity contribution in [3.05, 3.63) is 45.7 Å². The third-order valence-corrected chi connectivity index (χ3v) is 4.83. The Labute approximate surface area is 139 Å². The number of ether oxygens (including phenoxy) is 1. The van der Waals surface area contributed by atoms with Gasteiger partial charge in [-0.15, -0.1) is 0 Å². The quantitative estimate of drug-likeness (QED) is 0.791. The predicted molar refractivity (Wildman–Crippen MR) is 91.3 cm³/mol. The summed E-state index contributed by atoms with van der Waals surface area (Å²) in [6.07, 6.45) is 6.31. The standard InChI is InChI=1S/C17H22BrN3O/c1-12-13(11-20-21-12)5-3-9-19-16-8-4-10-22-17-14(16)6-2-7-15(17)18/h2,6-7,11,16,19H,3-5,8-10H2,1H3,(H,20,21)/t16-/m0/s1. The summed E-state index contributed by atoms with van der Waals surface area (Å²) in [5, 5.41) is 10.8. The van der Waals surface area contributed by atoms with E-state index in [1.807, 2.05) is 12.3 Å². The van der Waals surface area contributed by atoms with Crippen LogP contribution in [0.25, 0.3) is 0 Å². The number of benzene rings is 1. The first-order chi connectivity index (χ1) is 10.8. The van der Waals surface area contributed by atoms with Crippen LogP contribution in [0.5, 0.6) is 5.75 Å². The fourth-order valence-corrected chi connectivity index (χ4v) is 3.46. The molecule has 0 unspecified atom stereocenters. The van der Waals surface area contributed by atoms with Gasteiger partial charge in [0.2, 0.25) is 0 Å². The maximum Gasteiger partial charge on any atom is 0.138 e. The minimum Gasteiger partial charge on any atom is -0.492 e. The molecule has 1 aromatic carbocycles. The zero-order chi connectivity index (χ0) is 15.4. The fourth-order valence-electron chi connectivity index (χ4n) is 2.96. The first kappa shape index (κ1) is 15.6. The predicted octanol–water partition coefficient (Wildman–Crippen LogP) is 3.92. The number of nitrogens with zero attached hydrogens (tertiary/aromatic N) is 1. The van der Waals surface area contributed by atoms with Crippen molar-refractivity contribution in [2.45, 2.75) is 38.6 Å². The molecule has 0 aliphatic carbocycles. The minimum absolute atomic E-state index is 0.375. The Morgan fingerprint density at radius 1 is 1.45 bits per heavy atom. The number of hydrogen-bond acceptors (Lipinski definition) is 3. The second-order valence-corrected chi connectivity index (χ2v) is 6.63. The summed E-state index contributed by atoms with van der Waals surface area (Å²) in [7, 11) is 0. The third-order valence-electron chi connectivity index (χ3n) is 4.20. The van der Waals surface area contributed by atoms with E-state index in [9.17, 15) is 0 Å². The Kier molecular flexibility index (Phi) is 5.16. The van der Waals surface area contributed by atoms with Crippen LogP contribution in [0.3, 0.4) is 0 Å². The van der Waals surface area contributed by atoms with E-state index in [0.717, 1.165) is 49.1 Å². The normalized spacial score (nSPS) is 17.6. The van der Waals surface area contributed by atoms with Gasteiger partial charge in [0.1, 0.15) is 5.75 Å². The average Bonchev–Trinajstić information content (AvgIpc) is 2.80. The van der Waals surface area contributed by atoms with Crippen LogP contribution in [0, 0.1) is 6.92 Å². The van der Waals surface area contributed by atoms with Gasteiger partial charge >= 0.3 is 0 Å². The van der Waals surface area contributed by atoms with E-state index in [1.165, 1.54) is 16.8 Å². The number of fused-ring (bicyclic) bond motifs is 1. The molecule has 0 saturated carbocycles. The van der Waals surface area contributed by atoms with Gasteiger partial charge in [-0.2, -0.15) is 5.10 Å². The van der Waals surface area contributed by atoms with Gasteiger partial charge in [0.05, 0.1) is 17.3 Å². The first-order valence-corrected chi connectivity index (χ1v) is 8.68. The van der Waals surface area contributed by atoms with Crippen molar-refractivity contribution in [2.75, 3.05) is 13.2 Å². The molecule has 0 spiro atoms. The Morgan fingerprint density at radius 2 is 2.36 bits per heavy atom. The summed E-state index contributed by atoms with van der Waals surface area (Å²) in [6, 6.07) is 6.67. The molecule has 118 valence electrons. The van der Waals surface area contributed by atoms with Crippen molar-refractivity contribution in [1.29, 1.82) is 0 Å². The second-order valence-electron chi connectivity index (χ2n) is 5.78. The van der Waals surface area contributed by atoms with Gasteiger partial charge in [-0.3, -0.25) is 5.10 Å². The summed E-state index contributed by atoms with van der Waals surface area (Å²) in [6.45, 7) is 3.87. The molecule has 0 amide bonds. The molecular formula is C17H22BrN3O. The maximum absolute atomic E-state index is 5.89. The van der Waals surface area contributed by atoms with Crippen molar-refractivity contribution in [3.63, 3.8) is 0 Å². The monoisotopic (exact) mass is 363 g/mol. The fraction of sp³-hybridized carbons (Fsp3) is 0.471. The number of halogens is 1. The largest absolute Gasteiger partial charge is 0.492 e. The van der Waals surface area contributed by atoms with Crippen molar-refractivity contribution in [2.24, 2.45) is 0 Å². The van der Waals surface area contributed by atoms with Crippen LogP contribution in [-0.2, 0) is 6.42 Å². The lowest BCUT2D eigenvalue weighted by atomic mass is 10.0. The van der Waals surface area contributed by atoms with Crippen LogP contribution in [-0.4, -0.2) is 23.3 Å². The number of aryl methyl sites for hydroxylation is 2. The Balaban J connectivity index is 1.59. The van der Waals surface area contributed by atoms with E-state index in [0.29, 0.717) is 6.04 Å². The van der Waals surface area contributed by atoms with E-state index >= 15 is 0 Å². The smallest absolute Gasteiger partial charge is 0.138 e. The molecule has 3 rings (SSSR count). The molecule has 5 heteroatoms. The van der Waals surface area contributed by atoms with Crippen LogP contribution in [0.2, 0.25) is 0 Å². The number of nitrogens with one attached hydrogen (secondary N) is 2. The summed E-state index contributed by atoms with van der Waals surface area (Å²) < 4.78 is 6.94. The van der Waals surface area contributed by atoms with Crippen molar-refractivity contribution in [3.8, 4) is 5.75 Å². The summed E-state index contributed by atoms with van der Waals surface area (Å²) in [5.74, 6) is 1.00. The third kappa shape index (κ3) is 3.52. The van der Waals surface area contributed by atoms with E-state index in [-0.39, 0.29) is 0 Å². The SMILES string of the molecule is Cc1[nH]ncc1CCCN[C@H]1CCCOc2c(Br)cccc21. The lowest BCUT2D eigenvalue weighted by molar-refractivity contribution is 0.313. The molecule has 0 saturated heterocycles. The van der Waals surface area contributed by atoms with E-state index in [4.69, 9.17) is 4.74 Å². The number of H-pyrrole nitrogens is 1. The minimum atomic E-state index is 0.375. The molecule has 0 bridgehead atoms. The van der Waals surface area contributed by atoms with Crippen molar-refractivity contribution in [1.82, 2.24) is 15.5 Å². The van der Waals surface area contributed by atoms with Crippen LogP contribution in [0.4, 0.5) is 0 Å². The molecule has 0 fully saturated rings. The molecule has 1 aliphatic rings. The first-order valence-electron chi connectivity index (χ1n) is 7.89. The lowest BCUT2D eigenvalue weighted by Gasteiger charge is -2.19. The summed E-state index contributed by atoms with van der Waals surface area (Å²) in [5.41, 5.74) is 3.76. The second kappa shape index (κ2) is 7.29. The molecule has 1 atom stereocenters. The average molecular weight is 364 g/mol. The zero-order valence-corrected chi connectivity index (χ0v) is 14.4. The van der Waals surface area contributed by atoms with Gasteiger partial charge in [0.15, 0.2) is 0 Å². The van der Waals surface area contributed by atoms with Crippen LogP contribution in [0.15, 0.2) is 28.9 Å². The molecule has 22 heavy (non-hydrogen) atoms. The van der Waals surface area contributed by atoms with Crippen molar-refractivity contribution < 1.29 is 4.74 Å². The van der Waals surface area contributed by atoms with Crippen molar-refractivity contribution >= 4 is 15.9 Å². The molecule has 1 aliphatic heterocycles. The maximum atomic E-state index is 5.89. The molecule has 2 N–H and O–H groups in total. The molecule has 2 aromatic rings. The van der Waals surface area contributed by atoms with Gasteiger partial charge in [-0.25, -0.2) is 0 Å². The summed E-state index contributed by atoms with van der Waals surface area (Å²) in [4.78, 5) is 0. The highest BCUT2D eigenvalue weighted by Gasteiger charge is 2.20. The Morgan fingerprint density at radius 3 is 3.18 bits per heavy atom. The molecule has 0 radical (unpaired) electrons. The van der Waals surface area contributed by atoms with E-state index < -0.39 is 0 Å². The summed E-state index contributed by atoms with van der Waals surface area (Å²) >= 11 is 3.60. The number of hydrogen-bond donors (Lipinski definition) is 2. The van der Waals surface area contributed by atoms with Gasteiger partial charge in [-0.1, -0.05) is 12.1 Å². The van der Waals surface area contributed by atoms with E-state index in [1.54, 1.807) is 0 Å². The molecule has 4 nitrogen and oxygen atoms in total. The topological polar surface area (TPSA) is 49.9 Å². The Bertz CT molecular complexity index is 626. The number of para-hydroxylation sites is 1.